The fourth-order valence-electron chi connectivity index (χ4n) is 1.99. The minimum atomic E-state index is 0.297. The van der Waals surface area contributed by atoms with E-state index in [0.29, 0.717) is 6.04 Å². The highest BCUT2D eigenvalue weighted by Crippen LogP contribution is 2.17. The summed E-state index contributed by atoms with van der Waals surface area (Å²) >= 11 is 5.99. The molecule has 0 radical (unpaired) electrons. The first-order valence-corrected chi connectivity index (χ1v) is 7.30. The van der Waals surface area contributed by atoms with Gasteiger partial charge in [0.1, 0.15) is 5.75 Å². The normalized spacial score (nSPS) is 12.1. The van der Waals surface area contributed by atoms with E-state index in [-0.39, 0.29) is 0 Å². The predicted molar refractivity (Wildman–Crippen MR) is 84.4 cm³/mol. The second-order valence-corrected chi connectivity index (χ2v) is 5.18. The number of hydrogen-bond acceptors (Lipinski definition) is 2. The van der Waals surface area contributed by atoms with E-state index >= 15 is 0 Å². The fourth-order valence-corrected chi connectivity index (χ4v) is 2.19. The lowest BCUT2D eigenvalue weighted by Gasteiger charge is -2.14. The van der Waals surface area contributed by atoms with Crippen molar-refractivity contribution in [1.82, 2.24) is 5.32 Å². The van der Waals surface area contributed by atoms with Crippen molar-refractivity contribution in [2.75, 3.05) is 13.2 Å². The highest BCUT2D eigenvalue weighted by molar-refractivity contribution is 6.30. The Balaban J connectivity index is 1.66. The number of halogens is 1. The molecule has 0 aromatic heterocycles. The van der Waals surface area contributed by atoms with Crippen LogP contribution in [0.5, 0.6) is 5.75 Å². The second kappa shape index (κ2) is 7.93. The molecule has 0 aliphatic rings. The van der Waals surface area contributed by atoms with Crippen molar-refractivity contribution >= 4 is 11.6 Å². The van der Waals surface area contributed by atoms with Crippen molar-refractivity contribution in [3.05, 3.63) is 65.2 Å². The number of rotatable bonds is 7. The van der Waals surface area contributed by atoms with Crippen LogP contribution >= 0.6 is 11.6 Å². The first-order chi connectivity index (χ1) is 9.75. The van der Waals surface area contributed by atoms with Crippen LogP contribution in [0.3, 0.4) is 0 Å². The quantitative estimate of drug-likeness (QED) is 0.760. The lowest BCUT2D eigenvalue weighted by atomic mass is 10.1. The minimum Gasteiger partial charge on any atom is -0.494 e. The van der Waals surface area contributed by atoms with E-state index < -0.39 is 0 Å². The van der Waals surface area contributed by atoms with E-state index in [0.717, 1.165) is 30.3 Å². The zero-order valence-corrected chi connectivity index (χ0v) is 12.4. The molecule has 0 aliphatic heterocycles. The highest BCUT2D eigenvalue weighted by atomic mass is 35.5. The average molecular weight is 290 g/mol. The van der Waals surface area contributed by atoms with Gasteiger partial charge in [0.25, 0.3) is 0 Å². The van der Waals surface area contributed by atoms with Crippen molar-refractivity contribution in [1.29, 1.82) is 0 Å². The van der Waals surface area contributed by atoms with E-state index in [4.69, 9.17) is 16.3 Å². The summed E-state index contributed by atoms with van der Waals surface area (Å²) in [7, 11) is 0. The van der Waals surface area contributed by atoms with E-state index in [9.17, 15) is 0 Å². The molecule has 1 atom stereocenters. The zero-order valence-electron chi connectivity index (χ0n) is 11.7. The van der Waals surface area contributed by atoms with Gasteiger partial charge in [-0.25, -0.2) is 0 Å². The van der Waals surface area contributed by atoms with Gasteiger partial charge in [0, 0.05) is 11.1 Å². The topological polar surface area (TPSA) is 21.3 Å². The summed E-state index contributed by atoms with van der Waals surface area (Å²) < 4.78 is 5.65. The lowest BCUT2D eigenvalue weighted by Crippen LogP contribution is -2.21. The SMILES string of the molecule is C[C@H](NCCCOc1ccccc1)c1cccc(Cl)c1. The summed E-state index contributed by atoms with van der Waals surface area (Å²) in [6, 6.07) is 18.2. The molecule has 0 spiro atoms. The molecule has 2 aromatic carbocycles. The van der Waals surface area contributed by atoms with Crippen molar-refractivity contribution in [3.8, 4) is 5.75 Å². The first kappa shape index (κ1) is 14.9. The molecule has 0 bridgehead atoms. The molecular formula is C17H20ClNO. The molecule has 2 aromatic rings. The Kier molecular flexibility index (Phi) is 5.90. The third-order valence-corrected chi connectivity index (χ3v) is 3.37. The molecule has 20 heavy (non-hydrogen) atoms. The maximum Gasteiger partial charge on any atom is 0.119 e. The molecule has 0 aliphatic carbocycles. The average Bonchev–Trinajstić information content (AvgIpc) is 2.48. The number of hydrogen-bond donors (Lipinski definition) is 1. The predicted octanol–water partition coefficient (Wildman–Crippen LogP) is 4.46. The summed E-state index contributed by atoms with van der Waals surface area (Å²) in [4.78, 5) is 0. The van der Waals surface area contributed by atoms with Crippen LogP contribution in [0.15, 0.2) is 54.6 Å². The van der Waals surface area contributed by atoms with E-state index in [1.165, 1.54) is 5.56 Å². The van der Waals surface area contributed by atoms with Gasteiger partial charge >= 0.3 is 0 Å². The van der Waals surface area contributed by atoms with E-state index in [1.54, 1.807) is 0 Å². The Bertz CT molecular complexity index is 515. The van der Waals surface area contributed by atoms with Gasteiger partial charge < -0.3 is 10.1 Å². The Morgan fingerprint density at radius 3 is 2.65 bits per heavy atom. The zero-order chi connectivity index (χ0) is 14.2. The number of ether oxygens (including phenoxy) is 1. The summed E-state index contributed by atoms with van der Waals surface area (Å²) in [6.07, 6.45) is 0.972. The molecule has 0 saturated carbocycles. The summed E-state index contributed by atoms with van der Waals surface area (Å²) in [6.45, 7) is 3.78. The molecule has 106 valence electrons. The molecule has 0 heterocycles. The van der Waals surface area contributed by atoms with Gasteiger partial charge in [0.15, 0.2) is 0 Å². The highest BCUT2D eigenvalue weighted by Gasteiger charge is 2.04. The third-order valence-electron chi connectivity index (χ3n) is 3.13. The molecule has 2 rings (SSSR count). The third kappa shape index (κ3) is 4.87. The van der Waals surface area contributed by atoms with Gasteiger partial charge in [-0.05, 0) is 49.7 Å². The second-order valence-electron chi connectivity index (χ2n) is 4.75. The van der Waals surface area contributed by atoms with E-state index in [1.807, 2.05) is 48.5 Å². The van der Waals surface area contributed by atoms with Gasteiger partial charge in [-0.1, -0.05) is 41.9 Å². The summed E-state index contributed by atoms with van der Waals surface area (Å²) in [5.74, 6) is 0.926. The Hall–Kier alpha value is -1.51. The van der Waals surface area contributed by atoms with Crippen LogP contribution in [-0.4, -0.2) is 13.2 Å². The fraction of sp³-hybridized carbons (Fsp3) is 0.294. The molecule has 0 amide bonds. The Morgan fingerprint density at radius 2 is 1.90 bits per heavy atom. The van der Waals surface area contributed by atoms with Gasteiger partial charge in [0.05, 0.1) is 6.61 Å². The van der Waals surface area contributed by atoms with Gasteiger partial charge in [-0.15, -0.1) is 0 Å². The molecule has 3 heteroatoms. The van der Waals surface area contributed by atoms with Crippen molar-refractivity contribution < 1.29 is 4.74 Å². The van der Waals surface area contributed by atoms with Crippen LogP contribution in [0.4, 0.5) is 0 Å². The standard InChI is InChI=1S/C17H20ClNO/c1-14(15-7-5-8-16(18)13-15)19-11-6-12-20-17-9-3-2-4-10-17/h2-5,7-10,13-14,19H,6,11-12H2,1H3/t14-/m0/s1. The smallest absolute Gasteiger partial charge is 0.119 e. The van der Waals surface area contributed by atoms with Gasteiger partial charge in [-0.2, -0.15) is 0 Å². The van der Waals surface area contributed by atoms with Crippen LogP contribution in [0.2, 0.25) is 5.02 Å². The van der Waals surface area contributed by atoms with Crippen LogP contribution in [-0.2, 0) is 0 Å². The number of nitrogens with one attached hydrogen (secondary N) is 1. The lowest BCUT2D eigenvalue weighted by molar-refractivity contribution is 0.305. The van der Waals surface area contributed by atoms with Crippen LogP contribution in [0.25, 0.3) is 0 Å². The maximum absolute atomic E-state index is 5.99. The van der Waals surface area contributed by atoms with Gasteiger partial charge in [0.2, 0.25) is 0 Å². The molecular weight excluding hydrogens is 270 g/mol. The molecule has 0 fully saturated rings. The summed E-state index contributed by atoms with van der Waals surface area (Å²) in [5, 5.41) is 4.25. The van der Waals surface area contributed by atoms with Crippen molar-refractivity contribution in [2.24, 2.45) is 0 Å². The Labute approximate surface area is 125 Å². The molecule has 0 unspecified atom stereocenters. The Morgan fingerprint density at radius 1 is 1.10 bits per heavy atom. The van der Waals surface area contributed by atoms with Crippen LogP contribution < -0.4 is 10.1 Å². The minimum absolute atomic E-state index is 0.297. The van der Waals surface area contributed by atoms with Crippen molar-refractivity contribution in [2.45, 2.75) is 19.4 Å². The van der Waals surface area contributed by atoms with Gasteiger partial charge in [-0.3, -0.25) is 0 Å². The molecule has 0 saturated heterocycles. The monoisotopic (exact) mass is 289 g/mol. The molecule has 2 nitrogen and oxygen atoms in total. The number of para-hydroxylation sites is 1. The molecule has 1 N–H and O–H groups in total. The maximum atomic E-state index is 5.99. The van der Waals surface area contributed by atoms with E-state index in [2.05, 4.69) is 18.3 Å². The first-order valence-electron chi connectivity index (χ1n) is 6.92. The number of benzene rings is 2. The summed E-state index contributed by atoms with van der Waals surface area (Å²) in [5.41, 5.74) is 1.21. The van der Waals surface area contributed by atoms with Crippen molar-refractivity contribution in [3.63, 3.8) is 0 Å². The van der Waals surface area contributed by atoms with Crippen LogP contribution in [0, 0.1) is 0 Å². The van der Waals surface area contributed by atoms with Crippen LogP contribution in [0.1, 0.15) is 24.9 Å². The largest absolute Gasteiger partial charge is 0.494 e.